The van der Waals surface area contributed by atoms with Gasteiger partial charge < -0.3 is 10.1 Å². The third kappa shape index (κ3) is 3.13. The fourth-order valence-corrected chi connectivity index (χ4v) is 1.21. The zero-order chi connectivity index (χ0) is 15.5. The van der Waals surface area contributed by atoms with Gasteiger partial charge in [-0.25, -0.2) is 8.78 Å². The molecule has 1 aromatic rings. The van der Waals surface area contributed by atoms with Crippen molar-refractivity contribution in [1.82, 2.24) is 0 Å². The quantitative estimate of drug-likeness (QED) is 0.514. The van der Waals surface area contributed by atoms with E-state index in [2.05, 4.69) is 4.74 Å². The summed E-state index contributed by atoms with van der Waals surface area (Å²) in [4.78, 5) is 20.7. The molecule has 0 radical (unpaired) electrons. The van der Waals surface area contributed by atoms with E-state index in [1.807, 2.05) is 0 Å². The molecule has 0 spiro atoms. The van der Waals surface area contributed by atoms with Gasteiger partial charge in [0.05, 0.1) is 17.7 Å². The molecule has 20 heavy (non-hydrogen) atoms. The van der Waals surface area contributed by atoms with Crippen molar-refractivity contribution in [3.63, 3.8) is 0 Å². The van der Waals surface area contributed by atoms with E-state index in [-0.39, 0.29) is 5.75 Å². The SMILES string of the molecule is COc1ccc([N+](=O)[O-])cc1NC(=O)C(F)(F)C(F)F. The van der Waals surface area contributed by atoms with E-state index in [9.17, 15) is 32.5 Å². The van der Waals surface area contributed by atoms with Crippen LogP contribution < -0.4 is 10.1 Å². The third-order valence-electron chi connectivity index (χ3n) is 2.22. The topological polar surface area (TPSA) is 81.5 Å². The number of amides is 1. The van der Waals surface area contributed by atoms with E-state index in [0.29, 0.717) is 0 Å². The molecule has 110 valence electrons. The highest BCUT2D eigenvalue weighted by Crippen LogP contribution is 2.31. The van der Waals surface area contributed by atoms with Crippen molar-refractivity contribution < 1.29 is 32.0 Å². The highest BCUT2D eigenvalue weighted by atomic mass is 19.3. The molecule has 0 heterocycles. The third-order valence-corrected chi connectivity index (χ3v) is 2.22. The first-order chi connectivity index (χ1) is 9.20. The fourth-order valence-electron chi connectivity index (χ4n) is 1.21. The molecule has 0 aliphatic rings. The molecule has 0 aromatic heterocycles. The standard InChI is InChI=1S/C10H8F4N2O4/c1-20-7-3-2-5(16(18)19)4-6(7)15-9(17)10(13,14)8(11)12/h2-4,8H,1H3,(H,15,17). The summed E-state index contributed by atoms with van der Waals surface area (Å²) in [5, 5.41) is 12.0. The Morgan fingerprint density at radius 1 is 1.45 bits per heavy atom. The number of hydrogen-bond donors (Lipinski definition) is 1. The molecule has 0 aliphatic carbocycles. The second-order valence-corrected chi connectivity index (χ2v) is 3.52. The van der Waals surface area contributed by atoms with Crippen molar-refractivity contribution in [2.45, 2.75) is 12.3 Å². The molecule has 10 heteroatoms. The molecule has 1 amide bonds. The number of alkyl halides is 4. The first-order valence-electron chi connectivity index (χ1n) is 5.00. The van der Waals surface area contributed by atoms with Gasteiger partial charge in [-0.2, -0.15) is 8.78 Å². The molecule has 1 aromatic carbocycles. The number of benzene rings is 1. The lowest BCUT2D eigenvalue weighted by Gasteiger charge is -2.16. The number of hydrogen-bond acceptors (Lipinski definition) is 4. The predicted octanol–water partition coefficient (Wildman–Crippen LogP) is 2.44. The zero-order valence-electron chi connectivity index (χ0n) is 9.90. The Morgan fingerprint density at radius 2 is 2.05 bits per heavy atom. The minimum atomic E-state index is -4.92. The predicted molar refractivity (Wildman–Crippen MR) is 59.2 cm³/mol. The van der Waals surface area contributed by atoms with Crippen LogP contribution in [0.4, 0.5) is 28.9 Å². The molecule has 6 nitrogen and oxygen atoms in total. The van der Waals surface area contributed by atoms with Crippen LogP contribution >= 0.6 is 0 Å². The van der Waals surface area contributed by atoms with Gasteiger partial charge in [0.25, 0.3) is 5.69 Å². The number of halogens is 4. The minimum absolute atomic E-state index is 0.186. The molecule has 0 unspecified atom stereocenters. The van der Waals surface area contributed by atoms with Crippen LogP contribution in [-0.2, 0) is 4.79 Å². The Bertz CT molecular complexity index is 536. The van der Waals surface area contributed by atoms with Crippen molar-refractivity contribution in [3.8, 4) is 5.75 Å². The normalized spacial score (nSPS) is 11.3. The lowest BCUT2D eigenvalue weighted by molar-refractivity contribution is -0.384. The number of carbonyl (C=O) groups excluding carboxylic acids is 1. The van der Waals surface area contributed by atoms with E-state index in [4.69, 9.17) is 0 Å². The number of nitrogens with one attached hydrogen (secondary N) is 1. The van der Waals surface area contributed by atoms with Gasteiger partial charge in [0, 0.05) is 12.1 Å². The minimum Gasteiger partial charge on any atom is -0.495 e. The van der Waals surface area contributed by atoms with Crippen molar-refractivity contribution in [3.05, 3.63) is 28.3 Å². The van der Waals surface area contributed by atoms with Gasteiger partial charge in [-0.15, -0.1) is 0 Å². The molecule has 0 atom stereocenters. The number of non-ortho nitro benzene ring substituents is 1. The van der Waals surface area contributed by atoms with Gasteiger partial charge in [0.2, 0.25) is 0 Å². The van der Waals surface area contributed by atoms with Gasteiger partial charge in [-0.1, -0.05) is 0 Å². The van der Waals surface area contributed by atoms with Crippen molar-refractivity contribution >= 4 is 17.3 Å². The van der Waals surface area contributed by atoms with Gasteiger partial charge in [-0.3, -0.25) is 14.9 Å². The fraction of sp³-hybridized carbons (Fsp3) is 0.300. The smallest absolute Gasteiger partial charge is 0.383 e. The van der Waals surface area contributed by atoms with Gasteiger partial charge >= 0.3 is 18.3 Å². The van der Waals surface area contributed by atoms with E-state index in [0.717, 1.165) is 25.3 Å². The average Bonchev–Trinajstić information content (AvgIpc) is 2.38. The highest BCUT2D eigenvalue weighted by molar-refractivity contribution is 5.97. The van der Waals surface area contributed by atoms with Crippen LogP contribution in [0.5, 0.6) is 5.75 Å². The molecule has 0 saturated heterocycles. The molecule has 0 aliphatic heterocycles. The van der Waals surface area contributed by atoms with Crippen LogP contribution in [0.3, 0.4) is 0 Å². The Balaban J connectivity index is 3.10. The van der Waals surface area contributed by atoms with Crippen LogP contribution in [-0.4, -0.2) is 30.3 Å². The zero-order valence-corrected chi connectivity index (χ0v) is 9.90. The number of rotatable bonds is 5. The summed E-state index contributed by atoms with van der Waals surface area (Å²) in [5.41, 5.74) is -1.03. The van der Waals surface area contributed by atoms with Crippen LogP contribution in [0.15, 0.2) is 18.2 Å². The summed E-state index contributed by atoms with van der Waals surface area (Å²) in [6.07, 6.45) is -4.20. The number of nitro groups is 1. The lowest BCUT2D eigenvalue weighted by atomic mass is 10.2. The van der Waals surface area contributed by atoms with Crippen LogP contribution in [0, 0.1) is 10.1 Å². The number of methoxy groups -OCH3 is 1. The number of nitro benzene ring substituents is 1. The van der Waals surface area contributed by atoms with Gasteiger partial charge in [-0.05, 0) is 6.07 Å². The summed E-state index contributed by atoms with van der Waals surface area (Å²) < 4.78 is 54.3. The molecular formula is C10H8F4N2O4. The number of nitrogens with zero attached hydrogens (tertiary/aromatic N) is 1. The molecule has 0 saturated carbocycles. The van der Waals surface area contributed by atoms with E-state index >= 15 is 0 Å². The van der Waals surface area contributed by atoms with Crippen molar-refractivity contribution in [2.24, 2.45) is 0 Å². The Labute approximate surface area is 109 Å². The Hall–Kier alpha value is -2.39. The number of ether oxygens (including phenoxy) is 1. The summed E-state index contributed by atoms with van der Waals surface area (Å²) in [7, 11) is 1.11. The molecule has 1 N–H and O–H groups in total. The molecule has 0 fully saturated rings. The lowest BCUT2D eigenvalue weighted by Crippen LogP contribution is -2.41. The number of carbonyl (C=O) groups is 1. The first-order valence-corrected chi connectivity index (χ1v) is 5.00. The summed E-state index contributed by atoms with van der Waals surface area (Å²) in [6, 6.07) is 2.76. The maximum atomic E-state index is 12.8. The molecule has 0 bridgehead atoms. The Kier molecular flexibility index (Phi) is 4.48. The van der Waals surface area contributed by atoms with E-state index < -0.39 is 34.6 Å². The van der Waals surface area contributed by atoms with E-state index in [1.54, 1.807) is 0 Å². The first kappa shape index (κ1) is 15.7. The van der Waals surface area contributed by atoms with Gasteiger partial charge in [0.1, 0.15) is 5.75 Å². The Morgan fingerprint density at radius 3 is 2.50 bits per heavy atom. The van der Waals surface area contributed by atoms with Crippen LogP contribution in [0.1, 0.15) is 0 Å². The summed E-state index contributed by atoms with van der Waals surface area (Å²) in [5.74, 6) is -7.39. The van der Waals surface area contributed by atoms with Crippen LogP contribution in [0.25, 0.3) is 0 Å². The molecule has 1 rings (SSSR count). The maximum Gasteiger partial charge on any atom is 0.383 e. The van der Waals surface area contributed by atoms with E-state index in [1.165, 1.54) is 5.32 Å². The monoisotopic (exact) mass is 296 g/mol. The second kappa shape index (κ2) is 5.72. The van der Waals surface area contributed by atoms with Crippen molar-refractivity contribution in [2.75, 3.05) is 12.4 Å². The van der Waals surface area contributed by atoms with Gasteiger partial charge in [0.15, 0.2) is 0 Å². The van der Waals surface area contributed by atoms with Crippen molar-refractivity contribution in [1.29, 1.82) is 0 Å². The second-order valence-electron chi connectivity index (χ2n) is 3.52. The number of anilines is 1. The average molecular weight is 296 g/mol. The van der Waals surface area contributed by atoms with Crippen LogP contribution in [0.2, 0.25) is 0 Å². The largest absolute Gasteiger partial charge is 0.495 e. The molecular weight excluding hydrogens is 288 g/mol. The summed E-state index contributed by atoms with van der Waals surface area (Å²) in [6.45, 7) is 0. The maximum absolute atomic E-state index is 12.8. The highest BCUT2D eigenvalue weighted by Gasteiger charge is 2.49. The summed E-state index contributed by atoms with van der Waals surface area (Å²) >= 11 is 0.